The molecule has 0 bridgehead atoms. The van der Waals surface area contributed by atoms with Gasteiger partial charge in [-0.3, -0.25) is 9.36 Å². The molecule has 0 aliphatic rings. The third-order valence-electron chi connectivity index (χ3n) is 9.62. The summed E-state index contributed by atoms with van der Waals surface area (Å²) in [6.45, 7) is 5.09. The minimum atomic E-state index is -4.55. The number of rotatable bonds is 43. The van der Waals surface area contributed by atoms with E-state index in [1.165, 1.54) is 70.6 Å². The molecule has 0 aromatic heterocycles. The van der Waals surface area contributed by atoms with Crippen LogP contribution < -0.4 is 4.89 Å². The second kappa shape index (κ2) is 44.0. The van der Waals surface area contributed by atoms with Crippen LogP contribution in [0, 0.1) is 0 Å². The van der Waals surface area contributed by atoms with Gasteiger partial charge in [-0.1, -0.05) is 169 Å². The second-order valence-corrected chi connectivity index (χ2v) is 18.1. The van der Waals surface area contributed by atoms with Crippen LogP contribution in [0.25, 0.3) is 0 Å². The maximum atomic E-state index is 12.7. The van der Waals surface area contributed by atoms with Gasteiger partial charge in [-0.05, 0) is 89.9 Å². The lowest BCUT2D eigenvalue weighted by Gasteiger charge is -2.28. The molecule has 0 aliphatic carbocycles. The van der Waals surface area contributed by atoms with Crippen LogP contribution in [0.3, 0.4) is 0 Å². The molecule has 0 spiro atoms. The number of carbonyl (C=O) groups excluding carboxylic acids is 1. The smallest absolute Gasteiger partial charge is 0.306 e. The molecule has 0 rings (SSSR count). The number of ether oxygens (including phenoxy) is 2. The first-order valence-electron chi connectivity index (χ1n) is 24.0. The summed E-state index contributed by atoms with van der Waals surface area (Å²) in [4.78, 5) is 25.1. The molecule has 0 N–H and O–H groups in total. The van der Waals surface area contributed by atoms with Gasteiger partial charge in [-0.25, -0.2) is 0 Å². The summed E-state index contributed by atoms with van der Waals surface area (Å²) in [5, 5.41) is 0. The van der Waals surface area contributed by atoms with Gasteiger partial charge in [0.25, 0.3) is 7.82 Å². The highest BCUT2D eigenvalue weighted by Gasteiger charge is 2.20. The normalized spacial score (nSPS) is 14.5. The standard InChI is InChI=1S/C52H90NO7P/c1-6-8-10-12-14-16-18-20-22-24-26-28-30-32-34-36-38-40-42-44-47-57-49-51(50-59-61(55,56)58-48-46-53(3,4)5)60-52(54)45-43-41-39-37-35-33-31-29-27-25-23-21-19-17-15-13-11-9-7-2/h8,10,14-17,20-23,26,28,32,34,38,40,51H,6-7,9,11-13,18-19,24-25,27,29-31,33,35-37,39,41-50H2,1-5H3/b10-8-,16-14-,17-15-,22-20-,23-21-,28-26-,34-32-,40-38-. The van der Waals surface area contributed by atoms with Crippen LogP contribution in [-0.2, 0) is 27.9 Å². The molecule has 0 aliphatic heterocycles. The van der Waals surface area contributed by atoms with E-state index in [9.17, 15) is 14.3 Å². The van der Waals surface area contributed by atoms with E-state index < -0.39 is 13.9 Å². The molecule has 2 atom stereocenters. The molecule has 2 unspecified atom stereocenters. The number of phosphoric ester groups is 1. The molecular weight excluding hydrogens is 782 g/mol. The molecule has 8 nitrogen and oxygen atoms in total. The van der Waals surface area contributed by atoms with E-state index in [2.05, 4.69) is 111 Å². The van der Waals surface area contributed by atoms with Crippen LogP contribution in [0.4, 0.5) is 0 Å². The monoisotopic (exact) mass is 872 g/mol. The Labute approximate surface area is 375 Å². The van der Waals surface area contributed by atoms with Gasteiger partial charge in [0.15, 0.2) is 0 Å². The van der Waals surface area contributed by atoms with Crippen molar-refractivity contribution in [2.45, 2.75) is 174 Å². The van der Waals surface area contributed by atoms with Crippen LogP contribution in [0.1, 0.15) is 168 Å². The highest BCUT2D eigenvalue weighted by molar-refractivity contribution is 7.45. The molecule has 61 heavy (non-hydrogen) atoms. The minimum absolute atomic E-state index is 0.00893. The molecular formula is C52H90NO7P. The SMILES string of the molecule is CC/C=C\C/C=C\C/C=C\C/C=C\C/C=C\C/C=C\CCCOCC(COP(=O)([O-])OCC[N+](C)(C)C)OC(=O)CCCCCCCCCCC/C=C\C/C=C\CCCCC. The van der Waals surface area contributed by atoms with Crippen molar-refractivity contribution < 1.29 is 37.3 Å². The summed E-state index contributed by atoms with van der Waals surface area (Å²) in [6.07, 6.45) is 60.1. The van der Waals surface area contributed by atoms with E-state index in [1.807, 2.05) is 21.1 Å². The van der Waals surface area contributed by atoms with Crippen molar-refractivity contribution in [1.82, 2.24) is 0 Å². The van der Waals surface area contributed by atoms with E-state index in [1.54, 1.807) is 0 Å². The number of hydrogen-bond acceptors (Lipinski definition) is 7. The molecule has 0 saturated carbocycles. The zero-order valence-electron chi connectivity index (χ0n) is 39.6. The van der Waals surface area contributed by atoms with Gasteiger partial charge >= 0.3 is 5.97 Å². The quantitative estimate of drug-likeness (QED) is 0.0198. The summed E-state index contributed by atoms with van der Waals surface area (Å²) in [6, 6.07) is 0. The van der Waals surface area contributed by atoms with Crippen molar-refractivity contribution >= 4 is 13.8 Å². The zero-order chi connectivity index (χ0) is 44.8. The fourth-order valence-electron chi connectivity index (χ4n) is 5.94. The van der Waals surface area contributed by atoms with Crippen molar-refractivity contribution in [2.75, 3.05) is 54.1 Å². The van der Waals surface area contributed by atoms with Crippen molar-refractivity contribution in [3.8, 4) is 0 Å². The predicted octanol–water partition coefficient (Wildman–Crippen LogP) is 14.0. The first-order chi connectivity index (χ1) is 29.6. The average Bonchev–Trinajstić information content (AvgIpc) is 3.22. The Morgan fingerprint density at radius 2 is 0.951 bits per heavy atom. The number of phosphoric acid groups is 1. The Morgan fingerprint density at radius 3 is 1.43 bits per heavy atom. The van der Waals surface area contributed by atoms with E-state index in [0.29, 0.717) is 17.6 Å². The average molecular weight is 872 g/mol. The largest absolute Gasteiger partial charge is 0.756 e. The van der Waals surface area contributed by atoms with Gasteiger partial charge in [0.05, 0.1) is 34.4 Å². The minimum Gasteiger partial charge on any atom is -0.756 e. The second-order valence-electron chi connectivity index (χ2n) is 16.7. The summed E-state index contributed by atoms with van der Waals surface area (Å²) in [5.41, 5.74) is 0. The number of esters is 1. The number of hydrogen-bond donors (Lipinski definition) is 0. The van der Waals surface area contributed by atoms with Crippen LogP contribution in [-0.4, -0.2) is 70.7 Å². The summed E-state index contributed by atoms with van der Waals surface area (Å²) >= 11 is 0. The maximum Gasteiger partial charge on any atom is 0.306 e. The number of allylic oxidation sites excluding steroid dienone is 16. The molecule has 9 heteroatoms. The lowest BCUT2D eigenvalue weighted by atomic mass is 10.1. The Morgan fingerprint density at radius 1 is 0.525 bits per heavy atom. The summed E-state index contributed by atoms with van der Waals surface area (Å²) in [7, 11) is 1.30. The van der Waals surface area contributed by atoms with Crippen LogP contribution in [0.5, 0.6) is 0 Å². The Hall–Kier alpha value is -2.58. The maximum absolute atomic E-state index is 12.7. The summed E-state index contributed by atoms with van der Waals surface area (Å²) < 4.78 is 34.6. The van der Waals surface area contributed by atoms with E-state index >= 15 is 0 Å². The molecule has 0 heterocycles. The van der Waals surface area contributed by atoms with Gasteiger partial charge in [0, 0.05) is 13.0 Å². The molecule has 0 aromatic rings. The Bertz CT molecular complexity index is 1290. The fourth-order valence-corrected chi connectivity index (χ4v) is 6.67. The zero-order valence-corrected chi connectivity index (χ0v) is 40.5. The van der Waals surface area contributed by atoms with Gasteiger partial charge in [0.1, 0.15) is 19.3 Å². The van der Waals surface area contributed by atoms with Crippen molar-refractivity contribution in [2.24, 2.45) is 0 Å². The number of unbranched alkanes of at least 4 members (excludes halogenated alkanes) is 13. The first-order valence-corrected chi connectivity index (χ1v) is 25.4. The highest BCUT2D eigenvalue weighted by Crippen LogP contribution is 2.38. The third-order valence-corrected chi connectivity index (χ3v) is 10.6. The molecule has 350 valence electrons. The number of quaternary nitrogens is 1. The van der Waals surface area contributed by atoms with E-state index in [4.69, 9.17) is 18.5 Å². The highest BCUT2D eigenvalue weighted by atomic mass is 31.2. The molecule has 0 radical (unpaired) electrons. The van der Waals surface area contributed by atoms with Gasteiger partial charge in [-0.2, -0.15) is 0 Å². The summed E-state index contributed by atoms with van der Waals surface area (Å²) in [5.74, 6) is -0.362. The number of carbonyl (C=O) groups is 1. The lowest BCUT2D eigenvalue weighted by Crippen LogP contribution is -2.37. The first kappa shape index (κ1) is 58.4. The lowest BCUT2D eigenvalue weighted by molar-refractivity contribution is -0.870. The van der Waals surface area contributed by atoms with E-state index in [0.717, 1.165) is 77.0 Å². The van der Waals surface area contributed by atoms with Gasteiger partial charge in [-0.15, -0.1) is 0 Å². The number of likely N-dealkylation sites (N-methyl/N-ethyl adjacent to an activating group) is 1. The van der Waals surface area contributed by atoms with Crippen LogP contribution in [0.15, 0.2) is 97.2 Å². The molecule has 0 aromatic carbocycles. The third kappa shape index (κ3) is 48.3. The predicted molar refractivity (Wildman–Crippen MR) is 258 cm³/mol. The van der Waals surface area contributed by atoms with Crippen molar-refractivity contribution in [3.63, 3.8) is 0 Å². The van der Waals surface area contributed by atoms with Crippen molar-refractivity contribution in [1.29, 1.82) is 0 Å². The van der Waals surface area contributed by atoms with Crippen LogP contribution >= 0.6 is 7.82 Å². The molecule has 0 saturated heterocycles. The Kier molecular flexibility index (Phi) is 42.2. The van der Waals surface area contributed by atoms with Gasteiger partial charge < -0.3 is 27.9 Å². The fraction of sp³-hybridized carbons (Fsp3) is 0.673. The number of nitrogens with zero attached hydrogens (tertiary/aromatic N) is 1. The topological polar surface area (TPSA) is 94.1 Å². The van der Waals surface area contributed by atoms with E-state index in [-0.39, 0.29) is 32.2 Å². The van der Waals surface area contributed by atoms with Gasteiger partial charge in [0.2, 0.25) is 0 Å². The molecule has 0 amide bonds. The van der Waals surface area contributed by atoms with Crippen LogP contribution in [0.2, 0.25) is 0 Å². The van der Waals surface area contributed by atoms with Crippen molar-refractivity contribution in [3.05, 3.63) is 97.2 Å². The molecule has 0 fully saturated rings. The Balaban J connectivity index is 4.32.